The largest absolute Gasteiger partial charge is 0.349 e. The molecule has 1 fully saturated rings. The second-order valence-electron chi connectivity index (χ2n) is 6.18. The number of pyridine rings is 1. The van der Waals surface area contributed by atoms with E-state index in [2.05, 4.69) is 22.4 Å². The number of thioether (sulfide) groups is 1. The first kappa shape index (κ1) is 17.0. The van der Waals surface area contributed by atoms with E-state index in [1.807, 2.05) is 30.3 Å². The van der Waals surface area contributed by atoms with Crippen LogP contribution in [0.4, 0.5) is 0 Å². The first-order valence-corrected chi connectivity index (χ1v) is 9.39. The molecule has 0 unspecified atom stereocenters. The predicted octanol–water partition coefficient (Wildman–Crippen LogP) is 3.03. The zero-order valence-electron chi connectivity index (χ0n) is 13.7. The van der Waals surface area contributed by atoms with Gasteiger partial charge in [0.2, 0.25) is 0 Å². The van der Waals surface area contributed by atoms with Crippen LogP contribution in [0.15, 0.2) is 53.7 Å². The topological polar surface area (TPSA) is 68.0 Å². The molecule has 1 saturated carbocycles. The Bertz CT molecular complexity index is 677. The third-order valence-electron chi connectivity index (χ3n) is 4.30. The molecule has 126 valence electrons. The molecule has 0 radical (unpaired) electrons. The Morgan fingerprint density at radius 3 is 2.79 bits per heavy atom. The fourth-order valence-corrected chi connectivity index (χ4v) is 3.98. The number of hydrogen-bond donors (Lipinski definition) is 2. The van der Waals surface area contributed by atoms with E-state index >= 15 is 0 Å². The molecule has 0 bridgehead atoms. The zero-order chi connectivity index (χ0) is 16.8. The molecule has 0 saturated heterocycles. The van der Waals surface area contributed by atoms with Crippen molar-refractivity contribution in [2.75, 3.05) is 5.75 Å². The molecule has 5 heteroatoms. The van der Waals surface area contributed by atoms with Crippen molar-refractivity contribution in [1.82, 2.24) is 10.3 Å². The number of hydrogen-bond acceptors (Lipinski definition) is 4. The van der Waals surface area contributed by atoms with Gasteiger partial charge in [0.1, 0.15) is 5.03 Å². The molecule has 1 amide bonds. The lowest BCUT2D eigenvalue weighted by atomic mass is 10.2. The van der Waals surface area contributed by atoms with Gasteiger partial charge < -0.3 is 11.1 Å². The van der Waals surface area contributed by atoms with E-state index in [0.29, 0.717) is 5.56 Å². The number of carbonyl (C=O) groups is 1. The summed E-state index contributed by atoms with van der Waals surface area (Å²) in [6, 6.07) is 14.4. The van der Waals surface area contributed by atoms with Crippen LogP contribution in [0, 0.1) is 0 Å². The molecule has 24 heavy (non-hydrogen) atoms. The summed E-state index contributed by atoms with van der Waals surface area (Å²) in [6.45, 7) is 0. The van der Waals surface area contributed by atoms with Gasteiger partial charge in [-0.1, -0.05) is 30.3 Å². The second kappa shape index (κ2) is 8.31. The van der Waals surface area contributed by atoms with E-state index in [1.165, 1.54) is 5.56 Å². The van der Waals surface area contributed by atoms with Crippen molar-refractivity contribution in [3.8, 4) is 0 Å². The molecule has 1 heterocycles. The lowest BCUT2D eigenvalue weighted by Crippen LogP contribution is -2.34. The molecule has 2 aromatic rings. The van der Waals surface area contributed by atoms with Crippen molar-refractivity contribution in [3.63, 3.8) is 0 Å². The summed E-state index contributed by atoms with van der Waals surface area (Å²) in [5.41, 5.74) is 7.88. The molecule has 2 atom stereocenters. The molecule has 3 N–H and O–H groups in total. The van der Waals surface area contributed by atoms with Gasteiger partial charge in [-0.15, -0.1) is 11.8 Å². The average Bonchev–Trinajstić information content (AvgIpc) is 3.01. The summed E-state index contributed by atoms with van der Waals surface area (Å²) in [5.74, 6) is 0.861. The van der Waals surface area contributed by atoms with Crippen LogP contribution >= 0.6 is 11.8 Å². The number of aromatic nitrogens is 1. The van der Waals surface area contributed by atoms with Crippen LogP contribution in [-0.2, 0) is 6.42 Å². The molecule has 0 aliphatic heterocycles. The number of nitrogens with one attached hydrogen (secondary N) is 1. The Labute approximate surface area is 147 Å². The van der Waals surface area contributed by atoms with Crippen molar-refractivity contribution < 1.29 is 4.79 Å². The van der Waals surface area contributed by atoms with Gasteiger partial charge in [-0.2, -0.15) is 0 Å². The predicted molar refractivity (Wildman–Crippen MR) is 98.2 cm³/mol. The number of nitrogens with zero attached hydrogens (tertiary/aromatic N) is 1. The van der Waals surface area contributed by atoms with E-state index in [4.69, 9.17) is 5.73 Å². The first-order valence-electron chi connectivity index (χ1n) is 8.40. The van der Waals surface area contributed by atoms with Crippen LogP contribution in [-0.4, -0.2) is 28.7 Å². The molecule has 1 aliphatic carbocycles. The zero-order valence-corrected chi connectivity index (χ0v) is 14.5. The second-order valence-corrected chi connectivity index (χ2v) is 7.27. The maximum Gasteiger partial charge on any atom is 0.254 e. The van der Waals surface area contributed by atoms with Crippen LogP contribution in [0.25, 0.3) is 0 Å². The van der Waals surface area contributed by atoms with E-state index in [0.717, 1.165) is 36.5 Å². The Morgan fingerprint density at radius 2 is 2.04 bits per heavy atom. The van der Waals surface area contributed by atoms with Crippen LogP contribution < -0.4 is 11.1 Å². The van der Waals surface area contributed by atoms with Gasteiger partial charge in [0.15, 0.2) is 0 Å². The fraction of sp³-hybridized carbons (Fsp3) is 0.368. The number of carbonyl (C=O) groups excluding carboxylic acids is 1. The van der Waals surface area contributed by atoms with E-state index in [1.54, 1.807) is 18.0 Å². The maximum absolute atomic E-state index is 12.6. The number of nitrogens with two attached hydrogens (primary N) is 1. The normalized spacial score (nSPS) is 20.0. The summed E-state index contributed by atoms with van der Waals surface area (Å²) >= 11 is 1.63. The minimum Gasteiger partial charge on any atom is -0.349 e. The summed E-state index contributed by atoms with van der Waals surface area (Å²) < 4.78 is 0. The highest BCUT2D eigenvalue weighted by atomic mass is 32.2. The molecule has 1 aromatic carbocycles. The third kappa shape index (κ3) is 4.58. The summed E-state index contributed by atoms with van der Waals surface area (Å²) in [4.78, 5) is 17.0. The molecule has 0 spiro atoms. The number of benzene rings is 1. The average molecular weight is 341 g/mol. The standard InChI is InChI=1S/C19H23N3OS/c20-15-8-9-16(13-15)22-18(23)17-7-4-11-21-19(17)24-12-10-14-5-2-1-3-6-14/h1-7,11,15-16H,8-10,12-13,20H2,(H,22,23)/t15-,16-/m1/s1. The quantitative estimate of drug-likeness (QED) is 0.793. The van der Waals surface area contributed by atoms with Crippen LogP contribution in [0.5, 0.6) is 0 Å². The van der Waals surface area contributed by atoms with Gasteiger partial charge in [-0.3, -0.25) is 4.79 Å². The van der Waals surface area contributed by atoms with Crippen LogP contribution in [0.2, 0.25) is 0 Å². The summed E-state index contributed by atoms with van der Waals surface area (Å²) in [5, 5.41) is 3.90. The molecule has 4 nitrogen and oxygen atoms in total. The molecule has 1 aliphatic rings. The van der Waals surface area contributed by atoms with Gasteiger partial charge in [-0.05, 0) is 43.4 Å². The Hall–Kier alpha value is -1.85. The molecular formula is C19H23N3OS. The Morgan fingerprint density at radius 1 is 1.21 bits per heavy atom. The van der Waals surface area contributed by atoms with Gasteiger partial charge in [0, 0.05) is 24.0 Å². The minimum absolute atomic E-state index is 0.0376. The van der Waals surface area contributed by atoms with Crippen LogP contribution in [0.1, 0.15) is 35.2 Å². The molecule has 1 aromatic heterocycles. The fourth-order valence-electron chi connectivity index (χ4n) is 3.00. The highest BCUT2D eigenvalue weighted by Gasteiger charge is 2.24. The van der Waals surface area contributed by atoms with Crippen molar-refractivity contribution in [2.24, 2.45) is 5.73 Å². The highest BCUT2D eigenvalue weighted by molar-refractivity contribution is 7.99. The van der Waals surface area contributed by atoms with E-state index in [9.17, 15) is 4.79 Å². The minimum atomic E-state index is -0.0376. The highest BCUT2D eigenvalue weighted by Crippen LogP contribution is 2.23. The lowest BCUT2D eigenvalue weighted by Gasteiger charge is -2.14. The molecular weight excluding hydrogens is 318 g/mol. The molecule has 3 rings (SSSR count). The van der Waals surface area contributed by atoms with E-state index in [-0.39, 0.29) is 18.0 Å². The summed E-state index contributed by atoms with van der Waals surface area (Å²) in [6.07, 6.45) is 5.51. The van der Waals surface area contributed by atoms with Crippen molar-refractivity contribution in [1.29, 1.82) is 0 Å². The number of rotatable bonds is 6. The third-order valence-corrected chi connectivity index (χ3v) is 5.30. The smallest absolute Gasteiger partial charge is 0.254 e. The Kier molecular flexibility index (Phi) is 5.88. The van der Waals surface area contributed by atoms with Crippen molar-refractivity contribution in [2.45, 2.75) is 42.8 Å². The summed E-state index contributed by atoms with van der Waals surface area (Å²) in [7, 11) is 0. The number of aryl methyl sites for hydroxylation is 1. The SMILES string of the molecule is N[C@@H]1CC[C@@H](NC(=O)c2cccnc2SCCc2ccccc2)C1. The first-order chi connectivity index (χ1) is 11.7. The van der Waals surface area contributed by atoms with Crippen molar-refractivity contribution in [3.05, 3.63) is 59.8 Å². The van der Waals surface area contributed by atoms with Gasteiger partial charge in [-0.25, -0.2) is 4.98 Å². The van der Waals surface area contributed by atoms with Crippen molar-refractivity contribution >= 4 is 17.7 Å². The monoisotopic (exact) mass is 341 g/mol. The van der Waals surface area contributed by atoms with Gasteiger partial charge >= 0.3 is 0 Å². The van der Waals surface area contributed by atoms with Gasteiger partial charge in [0.25, 0.3) is 5.91 Å². The maximum atomic E-state index is 12.6. The number of amides is 1. The Balaban J connectivity index is 1.59. The van der Waals surface area contributed by atoms with Gasteiger partial charge in [0.05, 0.1) is 5.56 Å². The van der Waals surface area contributed by atoms with Crippen LogP contribution in [0.3, 0.4) is 0 Å². The van der Waals surface area contributed by atoms with E-state index < -0.39 is 0 Å². The lowest BCUT2D eigenvalue weighted by molar-refractivity contribution is 0.0934.